The molecule has 0 spiro atoms. The third-order valence-corrected chi connectivity index (χ3v) is 4.58. The van der Waals surface area contributed by atoms with E-state index < -0.39 is 0 Å². The maximum atomic E-state index is 13.3. The molecule has 0 radical (unpaired) electrons. The first-order valence-corrected chi connectivity index (χ1v) is 8.86. The van der Waals surface area contributed by atoms with Gasteiger partial charge in [0, 0.05) is 24.5 Å². The zero-order valence-corrected chi connectivity index (χ0v) is 15.3. The van der Waals surface area contributed by atoms with E-state index in [9.17, 15) is 4.79 Å². The molecular formula is C21H21ClN2O. The van der Waals surface area contributed by atoms with Crippen molar-refractivity contribution < 1.29 is 4.79 Å². The number of amides is 1. The van der Waals surface area contributed by atoms with Crippen LogP contribution in [0.1, 0.15) is 34.8 Å². The molecule has 0 bridgehead atoms. The van der Waals surface area contributed by atoms with Crippen LogP contribution in [0.25, 0.3) is 10.9 Å². The van der Waals surface area contributed by atoms with Crippen molar-refractivity contribution in [3.05, 3.63) is 76.4 Å². The van der Waals surface area contributed by atoms with Crippen molar-refractivity contribution >= 4 is 28.4 Å². The lowest BCUT2D eigenvalue weighted by Gasteiger charge is -2.21. The van der Waals surface area contributed by atoms with E-state index in [1.807, 2.05) is 61.6 Å². The van der Waals surface area contributed by atoms with Gasteiger partial charge in [-0.05, 0) is 18.1 Å². The Balaban J connectivity index is 2.06. The molecule has 1 amide bonds. The van der Waals surface area contributed by atoms with Gasteiger partial charge in [-0.15, -0.1) is 0 Å². The predicted molar refractivity (Wildman–Crippen MR) is 103 cm³/mol. The van der Waals surface area contributed by atoms with Crippen LogP contribution in [0.4, 0.5) is 0 Å². The highest BCUT2D eigenvalue weighted by Gasteiger charge is 2.22. The summed E-state index contributed by atoms with van der Waals surface area (Å²) in [5.41, 5.74) is 3.37. The molecule has 4 heteroatoms. The number of nitrogens with zero attached hydrogens (tertiary/aromatic N) is 2. The zero-order valence-electron chi connectivity index (χ0n) is 14.5. The molecule has 0 aliphatic carbocycles. The average molecular weight is 353 g/mol. The first-order valence-electron chi connectivity index (χ1n) is 8.48. The van der Waals surface area contributed by atoms with Crippen molar-refractivity contribution in [3.8, 4) is 0 Å². The molecule has 0 aliphatic rings. The number of halogens is 1. The maximum Gasteiger partial charge on any atom is 0.254 e. The third kappa shape index (κ3) is 3.67. The lowest BCUT2D eigenvalue weighted by atomic mass is 9.99. The molecule has 0 saturated carbocycles. The average Bonchev–Trinajstić information content (AvgIpc) is 2.63. The first kappa shape index (κ1) is 17.4. The molecule has 0 unspecified atom stereocenters. The molecule has 3 aromatic rings. The van der Waals surface area contributed by atoms with Gasteiger partial charge in [0.15, 0.2) is 0 Å². The van der Waals surface area contributed by atoms with E-state index >= 15 is 0 Å². The lowest BCUT2D eigenvalue weighted by molar-refractivity contribution is 0.0786. The Kier molecular flexibility index (Phi) is 5.34. The number of aromatic nitrogens is 1. The van der Waals surface area contributed by atoms with Crippen LogP contribution in [-0.4, -0.2) is 22.8 Å². The van der Waals surface area contributed by atoms with Crippen LogP contribution >= 0.6 is 11.6 Å². The Bertz CT molecular complexity index is 893. The van der Waals surface area contributed by atoms with Gasteiger partial charge in [0.2, 0.25) is 0 Å². The SMILES string of the molecule is CCCc1c(Cl)nc2ccccc2c1C(=O)N(C)Cc1ccccc1. The second-order valence-corrected chi connectivity index (χ2v) is 6.53. The summed E-state index contributed by atoms with van der Waals surface area (Å²) in [6.07, 6.45) is 1.64. The van der Waals surface area contributed by atoms with E-state index in [2.05, 4.69) is 11.9 Å². The van der Waals surface area contributed by atoms with E-state index in [0.717, 1.165) is 34.9 Å². The quantitative estimate of drug-likeness (QED) is 0.597. The number of benzene rings is 2. The van der Waals surface area contributed by atoms with Gasteiger partial charge >= 0.3 is 0 Å². The van der Waals surface area contributed by atoms with E-state index in [1.54, 1.807) is 4.90 Å². The molecule has 0 atom stereocenters. The van der Waals surface area contributed by atoms with Gasteiger partial charge in [-0.2, -0.15) is 0 Å². The van der Waals surface area contributed by atoms with Crippen molar-refractivity contribution in [2.75, 3.05) is 7.05 Å². The van der Waals surface area contributed by atoms with Gasteiger partial charge in [-0.1, -0.05) is 73.5 Å². The molecule has 0 N–H and O–H groups in total. The Morgan fingerprint density at radius 1 is 1.08 bits per heavy atom. The van der Waals surface area contributed by atoms with E-state index in [1.165, 1.54) is 0 Å². The molecule has 0 aliphatic heterocycles. The van der Waals surface area contributed by atoms with Crippen LogP contribution in [0.5, 0.6) is 0 Å². The van der Waals surface area contributed by atoms with E-state index in [0.29, 0.717) is 17.3 Å². The van der Waals surface area contributed by atoms with Crippen molar-refractivity contribution in [1.82, 2.24) is 9.88 Å². The molecule has 2 aromatic carbocycles. The fourth-order valence-corrected chi connectivity index (χ4v) is 3.34. The number of carbonyl (C=O) groups excluding carboxylic acids is 1. The molecule has 1 aromatic heterocycles. The van der Waals surface area contributed by atoms with E-state index in [4.69, 9.17) is 11.6 Å². The van der Waals surface area contributed by atoms with Crippen molar-refractivity contribution in [2.45, 2.75) is 26.3 Å². The van der Waals surface area contributed by atoms with E-state index in [-0.39, 0.29) is 5.91 Å². The Labute approximate surface area is 153 Å². The van der Waals surface area contributed by atoms with Gasteiger partial charge in [-0.3, -0.25) is 4.79 Å². The highest BCUT2D eigenvalue weighted by atomic mass is 35.5. The second kappa shape index (κ2) is 7.66. The summed E-state index contributed by atoms with van der Waals surface area (Å²) in [6, 6.07) is 17.7. The van der Waals surface area contributed by atoms with Crippen LogP contribution in [0.2, 0.25) is 5.15 Å². The topological polar surface area (TPSA) is 33.2 Å². The smallest absolute Gasteiger partial charge is 0.254 e. The highest BCUT2D eigenvalue weighted by Crippen LogP contribution is 2.29. The maximum absolute atomic E-state index is 13.3. The molecule has 0 fully saturated rings. The monoisotopic (exact) mass is 352 g/mol. The van der Waals surface area contributed by atoms with Gasteiger partial charge in [0.05, 0.1) is 11.1 Å². The fourth-order valence-electron chi connectivity index (χ4n) is 3.06. The number of fused-ring (bicyclic) bond motifs is 1. The first-order chi connectivity index (χ1) is 12.1. The van der Waals surface area contributed by atoms with Crippen molar-refractivity contribution in [3.63, 3.8) is 0 Å². The summed E-state index contributed by atoms with van der Waals surface area (Å²) in [5, 5.41) is 1.29. The summed E-state index contributed by atoms with van der Waals surface area (Å²) < 4.78 is 0. The molecule has 0 saturated heterocycles. The summed E-state index contributed by atoms with van der Waals surface area (Å²) in [4.78, 5) is 19.5. The summed E-state index contributed by atoms with van der Waals surface area (Å²) in [6.45, 7) is 2.63. The molecule has 3 rings (SSSR count). The third-order valence-electron chi connectivity index (χ3n) is 4.27. The number of hydrogen-bond acceptors (Lipinski definition) is 2. The number of carbonyl (C=O) groups is 1. The zero-order chi connectivity index (χ0) is 17.8. The van der Waals surface area contributed by atoms with Crippen molar-refractivity contribution in [1.29, 1.82) is 0 Å². The van der Waals surface area contributed by atoms with Gasteiger partial charge in [-0.25, -0.2) is 4.98 Å². The fraction of sp³-hybridized carbons (Fsp3) is 0.238. The Hall–Kier alpha value is -2.39. The van der Waals surface area contributed by atoms with Crippen molar-refractivity contribution in [2.24, 2.45) is 0 Å². The number of rotatable bonds is 5. The molecule has 128 valence electrons. The minimum absolute atomic E-state index is 0.0206. The number of para-hydroxylation sites is 1. The number of hydrogen-bond donors (Lipinski definition) is 0. The molecular weight excluding hydrogens is 332 g/mol. The Morgan fingerprint density at radius 3 is 2.48 bits per heavy atom. The van der Waals surface area contributed by atoms with Crippen LogP contribution < -0.4 is 0 Å². The standard InChI is InChI=1S/C21H21ClN2O/c1-3-9-17-19(16-12-7-8-13-18(16)23-20(17)22)21(25)24(2)14-15-10-5-4-6-11-15/h4-8,10-13H,3,9,14H2,1-2H3. The van der Waals surface area contributed by atoms with Gasteiger partial charge in [0.25, 0.3) is 5.91 Å². The number of pyridine rings is 1. The van der Waals surface area contributed by atoms with Crippen LogP contribution in [0.3, 0.4) is 0 Å². The van der Waals surface area contributed by atoms with Gasteiger partial charge in [0.1, 0.15) is 5.15 Å². The van der Waals surface area contributed by atoms with Crippen LogP contribution in [0.15, 0.2) is 54.6 Å². The molecule has 25 heavy (non-hydrogen) atoms. The predicted octanol–water partition coefficient (Wildman–Crippen LogP) is 5.11. The second-order valence-electron chi connectivity index (χ2n) is 6.17. The minimum atomic E-state index is -0.0206. The largest absolute Gasteiger partial charge is 0.337 e. The molecule has 3 nitrogen and oxygen atoms in total. The summed E-state index contributed by atoms with van der Waals surface area (Å²) in [5.74, 6) is -0.0206. The highest BCUT2D eigenvalue weighted by molar-refractivity contribution is 6.31. The summed E-state index contributed by atoms with van der Waals surface area (Å²) in [7, 11) is 1.83. The summed E-state index contributed by atoms with van der Waals surface area (Å²) >= 11 is 6.41. The van der Waals surface area contributed by atoms with Gasteiger partial charge < -0.3 is 4.90 Å². The molecule has 1 heterocycles. The lowest BCUT2D eigenvalue weighted by Crippen LogP contribution is -2.27. The normalized spacial score (nSPS) is 10.8. The van der Waals surface area contributed by atoms with Crippen LogP contribution in [-0.2, 0) is 13.0 Å². The van der Waals surface area contributed by atoms with Crippen LogP contribution in [0, 0.1) is 0 Å². The minimum Gasteiger partial charge on any atom is -0.337 e. The Morgan fingerprint density at radius 2 is 1.76 bits per heavy atom.